The van der Waals surface area contributed by atoms with E-state index in [2.05, 4.69) is 10.1 Å². The normalized spacial score (nSPS) is 13.0. The maximum absolute atomic E-state index is 11.9. The topological polar surface area (TPSA) is 113 Å². The summed E-state index contributed by atoms with van der Waals surface area (Å²) in [4.78, 5) is 33.7. The number of nitrogens with one attached hydrogen (secondary N) is 1. The van der Waals surface area contributed by atoms with Gasteiger partial charge in [0.1, 0.15) is 12.2 Å². The summed E-state index contributed by atoms with van der Waals surface area (Å²) in [6.07, 6.45) is -2.28. The minimum atomic E-state index is -1.18. The van der Waals surface area contributed by atoms with Crippen LogP contribution < -0.4 is 5.32 Å². The number of ether oxygens (including phenoxy) is 1. The molecule has 0 heterocycles. The zero-order chi connectivity index (χ0) is 17.4. The van der Waals surface area contributed by atoms with Crippen LogP contribution in [0.1, 0.15) is 41.8 Å². The molecule has 3 N–H and O–H groups in total. The lowest BCUT2D eigenvalue weighted by Crippen LogP contribution is -2.34. The number of carbonyl (C=O) groups is 3. The van der Waals surface area contributed by atoms with E-state index in [0.717, 1.165) is 0 Å². The summed E-state index contributed by atoms with van der Waals surface area (Å²) in [6.45, 7) is 1.24. The smallest absolute Gasteiger partial charge is 0.305 e. The number of ketones is 1. The second-order valence-corrected chi connectivity index (χ2v) is 5.07. The zero-order valence-electron chi connectivity index (χ0n) is 13.1. The van der Waals surface area contributed by atoms with Crippen molar-refractivity contribution in [2.24, 2.45) is 0 Å². The molecule has 1 rings (SSSR count). The molecule has 0 aliphatic rings. The number of carbonyl (C=O) groups excluding carboxylic acids is 3. The summed E-state index contributed by atoms with van der Waals surface area (Å²) in [5.74, 6) is -0.968. The number of methoxy groups -OCH3 is 1. The van der Waals surface area contributed by atoms with Crippen LogP contribution in [0.2, 0.25) is 0 Å². The molecule has 0 saturated heterocycles. The van der Waals surface area contributed by atoms with Gasteiger partial charge in [-0.05, 0) is 5.56 Å². The number of hydrogen-bond donors (Lipinski definition) is 3. The summed E-state index contributed by atoms with van der Waals surface area (Å²) >= 11 is 0. The third-order valence-corrected chi connectivity index (χ3v) is 3.28. The van der Waals surface area contributed by atoms with E-state index in [4.69, 9.17) is 0 Å². The van der Waals surface area contributed by atoms with Gasteiger partial charge >= 0.3 is 5.97 Å². The lowest BCUT2D eigenvalue weighted by atomic mass is 10.00. The van der Waals surface area contributed by atoms with Crippen molar-refractivity contribution in [3.8, 4) is 0 Å². The average molecular weight is 323 g/mol. The number of Topliss-reactive ketones (excluding diaryl/α,β-unsaturated/α-hetero) is 1. The molecule has 0 aromatic heterocycles. The molecule has 2 unspecified atom stereocenters. The Morgan fingerprint density at radius 3 is 2.26 bits per heavy atom. The van der Waals surface area contributed by atoms with Gasteiger partial charge in [-0.2, -0.15) is 0 Å². The van der Waals surface area contributed by atoms with Crippen LogP contribution in [0.15, 0.2) is 24.3 Å². The Balaban J connectivity index is 2.62. The van der Waals surface area contributed by atoms with E-state index in [1.807, 2.05) is 0 Å². The summed E-state index contributed by atoms with van der Waals surface area (Å²) in [5.41, 5.74) is 0.827. The first-order valence-electron chi connectivity index (χ1n) is 7.15. The predicted molar refractivity (Wildman–Crippen MR) is 81.7 cm³/mol. The number of esters is 1. The maximum Gasteiger partial charge on any atom is 0.305 e. The third-order valence-electron chi connectivity index (χ3n) is 3.28. The van der Waals surface area contributed by atoms with E-state index in [1.165, 1.54) is 38.3 Å². The first-order chi connectivity index (χ1) is 10.8. The van der Waals surface area contributed by atoms with Gasteiger partial charge in [-0.25, -0.2) is 0 Å². The van der Waals surface area contributed by atoms with E-state index in [1.54, 1.807) is 0 Å². The molecule has 0 aliphatic heterocycles. The summed E-state index contributed by atoms with van der Waals surface area (Å²) < 4.78 is 4.47. The zero-order valence-corrected chi connectivity index (χ0v) is 13.1. The lowest BCUT2D eigenvalue weighted by Gasteiger charge is -2.18. The van der Waals surface area contributed by atoms with Crippen LogP contribution in [0.4, 0.5) is 0 Å². The number of rotatable bonds is 8. The summed E-state index contributed by atoms with van der Waals surface area (Å²) in [6, 6.07) is 6.08. The number of aliphatic hydroxyl groups is 2. The molecule has 1 aromatic carbocycles. The van der Waals surface area contributed by atoms with E-state index in [0.29, 0.717) is 11.1 Å². The van der Waals surface area contributed by atoms with Crippen LogP contribution in [0.3, 0.4) is 0 Å². The standard InChI is InChI=1S/C16H21NO6/c1-10(18)17-9-14(20)16(22)12-5-3-11(4-6-12)13(19)7-8-15(21)23-2/h3-6,14,16,20,22H,7-9H2,1-2H3,(H,17,18). The fourth-order valence-corrected chi connectivity index (χ4v) is 1.91. The Bertz CT molecular complexity index is 554. The first kappa shape index (κ1) is 18.8. The largest absolute Gasteiger partial charge is 0.469 e. The molecule has 0 bridgehead atoms. The Morgan fingerprint density at radius 2 is 1.74 bits per heavy atom. The van der Waals surface area contributed by atoms with Crippen molar-refractivity contribution >= 4 is 17.7 Å². The van der Waals surface area contributed by atoms with Gasteiger partial charge < -0.3 is 20.3 Å². The van der Waals surface area contributed by atoms with E-state index < -0.39 is 18.2 Å². The Hall–Kier alpha value is -2.25. The van der Waals surface area contributed by atoms with E-state index in [-0.39, 0.29) is 31.1 Å². The summed E-state index contributed by atoms with van der Waals surface area (Å²) in [7, 11) is 1.26. The van der Waals surface area contributed by atoms with Gasteiger partial charge in [0.2, 0.25) is 5.91 Å². The van der Waals surface area contributed by atoms with E-state index in [9.17, 15) is 24.6 Å². The maximum atomic E-state index is 11.9. The van der Waals surface area contributed by atoms with Crippen LogP contribution in [0.5, 0.6) is 0 Å². The molecule has 2 atom stereocenters. The molecular formula is C16H21NO6. The minimum Gasteiger partial charge on any atom is -0.469 e. The quantitative estimate of drug-likeness (QED) is 0.470. The van der Waals surface area contributed by atoms with Crippen LogP contribution in [-0.4, -0.2) is 47.6 Å². The molecule has 0 radical (unpaired) electrons. The molecule has 126 valence electrons. The molecule has 0 aliphatic carbocycles. The molecule has 1 amide bonds. The summed E-state index contributed by atoms with van der Waals surface area (Å²) in [5, 5.41) is 22.2. The van der Waals surface area contributed by atoms with Crippen LogP contribution in [0.25, 0.3) is 0 Å². The predicted octanol–water partition coefficient (Wildman–Crippen LogP) is 0.353. The molecule has 0 saturated carbocycles. The van der Waals surface area contributed by atoms with Crippen molar-refractivity contribution < 1.29 is 29.3 Å². The van der Waals surface area contributed by atoms with Gasteiger partial charge in [0.15, 0.2) is 5.78 Å². The highest BCUT2D eigenvalue weighted by Crippen LogP contribution is 2.18. The van der Waals surface area contributed by atoms with Crippen LogP contribution >= 0.6 is 0 Å². The fourth-order valence-electron chi connectivity index (χ4n) is 1.91. The molecule has 7 nitrogen and oxygen atoms in total. The highest BCUT2D eigenvalue weighted by Gasteiger charge is 2.19. The van der Waals surface area contributed by atoms with Crippen LogP contribution in [-0.2, 0) is 14.3 Å². The molecular weight excluding hydrogens is 302 g/mol. The van der Waals surface area contributed by atoms with Crippen molar-refractivity contribution in [2.45, 2.75) is 32.0 Å². The SMILES string of the molecule is COC(=O)CCC(=O)c1ccc(C(O)C(O)CNC(C)=O)cc1. The third kappa shape index (κ3) is 6.17. The fraction of sp³-hybridized carbons (Fsp3) is 0.438. The number of benzene rings is 1. The molecule has 0 spiro atoms. The lowest BCUT2D eigenvalue weighted by molar-refractivity contribution is -0.140. The van der Waals surface area contributed by atoms with Crippen molar-refractivity contribution in [1.29, 1.82) is 0 Å². The number of hydrogen-bond acceptors (Lipinski definition) is 6. The van der Waals surface area contributed by atoms with Crippen molar-refractivity contribution in [2.75, 3.05) is 13.7 Å². The minimum absolute atomic E-state index is 0.00907. The van der Waals surface area contributed by atoms with Crippen molar-refractivity contribution in [3.05, 3.63) is 35.4 Å². The van der Waals surface area contributed by atoms with Crippen molar-refractivity contribution in [3.63, 3.8) is 0 Å². The molecule has 0 fully saturated rings. The van der Waals surface area contributed by atoms with Gasteiger partial charge in [-0.3, -0.25) is 14.4 Å². The highest BCUT2D eigenvalue weighted by molar-refractivity contribution is 5.97. The van der Waals surface area contributed by atoms with Gasteiger partial charge in [-0.15, -0.1) is 0 Å². The molecule has 7 heteroatoms. The monoisotopic (exact) mass is 323 g/mol. The second kappa shape index (κ2) is 9.02. The Morgan fingerprint density at radius 1 is 1.13 bits per heavy atom. The average Bonchev–Trinajstić information content (AvgIpc) is 2.56. The second-order valence-electron chi connectivity index (χ2n) is 5.07. The van der Waals surface area contributed by atoms with E-state index >= 15 is 0 Å². The molecule has 1 aromatic rings. The van der Waals surface area contributed by atoms with Gasteiger partial charge in [0.25, 0.3) is 0 Å². The van der Waals surface area contributed by atoms with Gasteiger partial charge in [-0.1, -0.05) is 24.3 Å². The van der Waals surface area contributed by atoms with Gasteiger partial charge in [0, 0.05) is 25.5 Å². The van der Waals surface area contributed by atoms with Crippen molar-refractivity contribution in [1.82, 2.24) is 5.32 Å². The molecule has 23 heavy (non-hydrogen) atoms. The highest BCUT2D eigenvalue weighted by atomic mass is 16.5. The number of aliphatic hydroxyl groups excluding tert-OH is 2. The Labute approximate surface area is 134 Å². The Kier molecular flexibility index (Phi) is 7.37. The first-order valence-corrected chi connectivity index (χ1v) is 7.15. The van der Waals surface area contributed by atoms with Crippen LogP contribution in [0, 0.1) is 0 Å². The number of amides is 1. The van der Waals surface area contributed by atoms with Gasteiger partial charge in [0.05, 0.1) is 13.5 Å².